The number of aliphatic hydroxyl groups is 1. The van der Waals surface area contributed by atoms with Crippen molar-refractivity contribution in [3.8, 4) is 5.75 Å². The topological polar surface area (TPSA) is 55.8 Å². The maximum absolute atomic E-state index is 11.4. The van der Waals surface area contributed by atoms with Crippen LogP contribution in [0.15, 0.2) is 48.2 Å². The molecule has 2 aromatic rings. The van der Waals surface area contributed by atoms with E-state index in [1.54, 1.807) is 6.08 Å². The highest BCUT2D eigenvalue weighted by Crippen LogP contribution is 2.42. The van der Waals surface area contributed by atoms with Crippen LogP contribution in [0.25, 0.3) is 6.08 Å². The lowest BCUT2D eigenvalue weighted by molar-refractivity contribution is -0.136. The second-order valence-corrected chi connectivity index (χ2v) is 10.1. The summed E-state index contributed by atoms with van der Waals surface area (Å²) in [6.45, 7) is 15.1. The lowest BCUT2D eigenvalue weighted by Crippen LogP contribution is -2.26. The van der Waals surface area contributed by atoms with Gasteiger partial charge in [0.05, 0.1) is 12.0 Å². The number of benzene rings is 2. The Morgan fingerprint density at radius 1 is 0.917 bits per heavy atom. The zero-order valence-corrected chi connectivity index (χ0v) is 23.0. The molecule has 0 radical (unpaired) electrons. The van der Waals surface area contributed by atoms with Gasteiger partial charge in [0.1, 0.15) is 18.1 Å². The largest absolute Gasteiger partial charge is 0.485 e. The fourth-order valence-corrected chi connectivity index (χ4v) is 5.24. The minimum Gasteiger partial charge on any atom is -0.485 e. The van der Waals surface area contributed by atoms with Crippen LogP contribution in [0.5, 0.6) is 5.75 Å². The maximum Gasteiger partial charge on any atom is 0.314 e. The van der Waals surface area contributed by atoms with E-state index in [9.17, 15) is 9.90 Å². The lowest BCUT2D eigenvalue weighted by atomic mass is 9.69. The molecule has 4 nitrogen and oxygen atoms in total. The van der Waals surface area contributed by atoms with Crippen LogP contribution in [0.2, 0.25) is 0 Å². The van der Waals surface area contributed by atoms with Gasteiger partial charge in [-0.2, -0.15) is 0 Å². The fraction of sp³-hybridized carbons (Fsp3) is 0.469. The van der Waals surface area contributed by atoms with Crippen LogP contribution in [-0.2, 0) is 14.9 Å². The van der Waals surface area contributed by atoms with Gasteiger partial charge < -0.3 is 14.6 Å². The monoisotopic (exact) mass is 490 g/mol. The van der Waals surface area contributed by atoms with Gasteiger partial charge in [-0.15, -0.1) is 0 Å². The summed E-state index contributed by atoms with van der Waals surface area (Å²) < 4.78 is 11.3. The maximum atomic E-state index is 11.4. The molecular weight excluding hydrogens is 448 g/mol. The van der Waals surface area contributed by atoms with Crippen molar-refractivity contribution in [2.24, 2.45) is 0 Å². The molecule has 0 aromatic heterocycles. The highest BCUT2D eigenvalue weighted by atomic mass is 16.6. The number of aryl methyl sites for hydroxylation is 3. The van der Waals surface area contributed by atoms with Crippen LogP contribution >= 0.6 is 0 Å². The molecule has 0 aliphatic carbocycles. The van der Waals surface area contributed by atoms with E-state index in [2.05, 4.69) is 71.0 Å². The van der Waals surface area contributed by atoms with Gasteiger partial charge in [-0.1, -0.05) is 70.2 Å². The lowest BCUT2D eigenvalue weighted by Gasteiger charge is -2.35. The summed E-state index contributed by atoms with van der Waals surface area (Å²) in [6.07, 6.45) is 9.46. The van der Waals surface area contributed by atoms with E-state index in [0.717, 1.165) is 35.3 Å². The Morgan fingerprint density at radius 3 is 2.03 bits per heavy atom. The second-order valence-electron chi connectivity index (χ2n) is 10.1. The molecule has 0 saturated carbocycles. The van der Waals surface area contributed by atoms with Gasteiger partial charge in [0.15, 0.2) is 0 Å². The third-order valence-electron chi connectivity index (χ3n) is 7.94. The second kappa shape index (κ2) is 11.5. The SMILES string of the molecule is CCC(O)(C=Cc1ccc(C(CC)(CC)c2cc(C)c(OCC3=CCC(=O)O3)c(C)c2)cc1C)CC. The molecule has 1 N–H and O–H groups in total. The minimum atomic E-state index is -0.753. The molecule has 1 aliphatic heterocycles. The first-order chi connectivity index (χ1) is 17.1. The molecule has 0 unspecified atom stereocenters. The van der Waals surface area contributed by atoms with Crippen LogP contribution in [0.1, 0.15) is 93.2 Å². The summed E-state index contributed by atoms with van der Waals surface area (Å²) in [7, 11) is 0. The minimum absolute atomic E-state index is 0.113. The summed E-state index contributed by atoms with van der Waals surface area (Å²) in [5.41, 5.74) is 6.23. The number of hydrogen-bond donors (Lipinski definition) is 1. The molecule has 1 aliphatic rings. The van der Waals surface area contributed by atoms with Crippen molar-refractivity contribution in [2.45, 2.75) is 91.6 Å². The highest BCUT2D eigenvalue weighted by molar-refractivity contribution is 5.75. The Bertz CT molecular complexity index is 1120. The van der Waals surface area contributed by atoms with Crippen molar-refractivity contribution in [1.29, 1.82) is 0 Å². The molecule has 0 fully saturated rings. The Balaban J connectivity index is 1.93. The van der Waals surface area contributed by atoms with E-state index in [-0.39, 0.29) is 18.0 Å². The van der Waals surface area contributed by atoms with Crippen molar-refractivity contribution < 1.29 is 19.4 Å². The van der Waals surface area contributed by atoms with Crippen LogP contribution in [0, 0.1) is 20.8 Å². The molecule has 0 atom stereocenters. The van der Waals surface area contributed by atoms with Crippen molar-refractivity contribution in [2.75, 3.05) is 6.61 Å². The number of esters is 1. The zero-order chi connectivity index (χ0) is 26.5. The van der Waals surface area contributed by atoms with Gasteiger partial charge in [-0.25, -0.2) is 0 Å². The standard InChI is InChI=1S/C32H42O4/c1-8-31(34,9-2)17-16-25-12-13-26(18-22(25)5)32(10-3,11-4)27-19-23(6)30(24(7)20-27)35-21-28-14-15-29(33)36-28/h12-14,16-20,34H,8-11,15,21H2,1-7H3. The molecule has 0 bridgehead atoms. The number of hydrogen-bond acceptors (Lipinski definition) is 4. The number of rotatable bonds is 11. The Morgan fingerprint density at radius 2 is 1.53 bits per heavy atom. The van der Waals surface area contributed by atoms with Crippen LogP contribution in [0.4, 0.5) is 0 Å². The smallest absolute Gasteiger partial charge is 0.314 e. The molecule has 1 heterocycles. The summed E-state index contributed by atoms with van der Waals surface area (Å²) in [5, 5.41) is 10.7. The number of carbonyl (C=O) groups is 1. The Labute approximate surface area is 217 Å². The molecule has 194 valence electrons. The third-order valence-corrected chi connectivity index (χ3v) is 7.94. The van der Waals surface area contributed by atoms with E-state index >= 15 is 0 Å². The molecule has 3 rings (SSSR count). The molecule has 0 saturated heterocycles. The molecule has 2 aromatic carbocycles. The summed E-state index contributed by atoms with van der Waals surface area (Å²) in [4.78, 5) is 11.4. The van der Waals surface area contributed by atoms with Crippen LogP contribution < -0.4 is 4.74 Å². The molecule has 36 heavy (non-hydrogen) atoms. The number of ether oxygens (including phenoxy) is 2. The molecule has 4 heteroatoms. The van der Waals surface area contributed by atoms with Crippen molar-refractivity contribution in [3.05, 3.63) is 81.6 Å². The van der Waals surface area contributed by atoms with Gasteiger partial charge >= 0.3 is 5.97 Å². The van der Waals surface area contributed by atoms with E-state index in [0.29, 0.717) is 25.0 Å². The molecule has 0 amide bonds. The Kier molecular flexibility index (Phi) is 8.84. The fourth-order valence-electron chi connectivity index (χ4n) is 5.24. The van der Waals surface area contributed by atoms with E-state index in [1.807, 2.05) is 19.9 Å². The van der Waals surface area contributed by atoms with Gasteiger partial charge in [-0.05, 0) is 85.9 Å². The summed E-state index contributed by atoms with van der Waals surface area (Å²) in [6, 6.07) is 11.2. The van der Waals surface area contributed by atoms with Crippen LogP contribution in [-0.4, -0.2) is 23.3 Å². The quantitative estimate of drug-likeness (QED) is 0.332. The van der Waals surface area contributed by atoms with E-state index in [4.69, 9.17) is 9.47 Å². The number of cyclic esters (lactones) is 1. The highest BCUT2D eigenvalue weighted by Gasteiger charge is 2.32. The third kappa shape index (κ3) is 5.75. The first-order valence-electron chi connectivity index (χ1n) is 13.3. The van der Waals surface area contributed by atoms with Crippen molar-refractivity contribution in [3.63, 3.8) is 0 Å². The average Bonchev–Trinajstić information content (AvgIpc) is 3.28. The predicted molar refractivity (Wildman–Crippen MR) is 147 cm³/mol. The van der Waals surface area contributed by atoms with Crippen molar-refractivity contribution in [1.82, 2.24) is 0 Å². The normalized spacial score (nSPS) is 14.3. The summed E-state index contributed by atoms with van der Waals surface area (Å²) in [5.74, 6) is 1.20. The first-order valence-corrected chi connectivity index (χ1v) is 13.3. The van der Waals surface area contributed by atoms with Gasteiger partial charge in [-0.3, -0.25) is 4.79 Å². The predicted octanol–water partition coefficient (Wildman–Crippen LogP) is 7.49. The van der Waals surface area contributed by atoms with Gasteiger partial charge in [0.2, 0.25) is 0 Å². The van der Waals surface area contributed by atoms with E-state index in [1.165, 1.54) is 16.7 Å². The van der Waals surface area contributed by atoms with Gasteiger partial charge in [0.25, 0.3) is 0 Å². The number of carbonyl (C=O) groups excluding carboxylic acids is 1. The average molecular weight is 491 g/mol. The van der Waals surface area contributed by atoms with Crippen molar-refractivity contribution >= 4 is 12.0 Å². The van der Waals surface area contributed by atoms with Crippen LogP contribution in [0.3, 0.4) is 0 Å². The van der Waals surface area contributed by atoms with Gasteiger partial charge in [0, 0.05) is 5.41 Å². The summed E-state index contributed by atoms with van der Waals surface area (Å²) >= 11 is 0. The first kappa shape index (κ1) is 27.7. The Hall–Kier alpha value is -2.85. The molecular formula is C32H42O4. The zero-order valence-electron chi connectivity index (χ0n) is 23.0. The van der Waals surface area contributed by atoms with E-state index < -0.39 is 5.60 Å². The molecule has 0 spiro atoms.